The van der Waals surface area contributed by atoms with Gasteiger partial charge in [-0.3, -0.25) is 9.35 Å². The Labute approximate surface area is 211 Å². The van der Waals surface area contributed by atoms with Gasteiger partial charge >= 0.3 is 0 Å². The minimum absolute atomic E-state index is 0.218. The molecule has 0 spiro atoms. The van der Waals surface area contributed by atoms with Gasteiger partial charge < -0.3 is 5.32 Å². The van der Waals surface area contributed by atoms with Crippen molar-refractivity contribution in [3.05, 3.63) is 88.6 Å². The van der Waals surface area contributed by atoms with E-state index in [2.05, 4.69) is 45.2 Å². The Bertz CT molecular complexity index is 1160. The van der Waals surface area contributed by atoms with Crippen molar-refractivity contribution in [2.75, 3.05) is 5.32 Å². The first kappa shape index (κ1) is 28.5. The highest BCUT2D eigenvalue weighted by molar-refractivity contribution is 7.86. The zero-order chi connectivity index (χ0) is 26.2. The largest absolute Gasteiger partial charge is 0.323 e. The molecule has 0 bridgehead atoms. The SMILES string of the molecule is CCC(c1ccc(NC(=O)/C=C(C)/C=C/C=C(C)/C=C/C2=C(C)CCCC2(C)C)cc1)S(=O)(=O)O. The Kier molecular flexibility index (Phi) is 10.0. The van der Waals surface area contributed by atoms with Crippen LogP contribution in [0.1, 0.15) is 78.0 Å². The molecule has 0 radical (unpaired) electrons. The first-order valence-electron chi connectivity index (χ1n) is 12.1. The normalized spacial score (nSPS) is 18.4. The summed E-state index contributed by atoms with van der Waals surface area (Å²) in [5.74, 6) is -0.274. The maximum Gasteiger partial charge on any atom is 0.271 e. The number of anilines is 1. The number of carbonyl (C=O) groups excluding carboxylic acids is 1. The van der Waals surface area contributed by atoms with Gasteiger partial charge in [0, 0.05) is 11.8 Å². The highest BCUT2D eigenvalue weighted by atomic mass is 32.2. The third-order valence-corrected chi connectivity index (χ3v) is 7.74. The standard InChI is InChI=1S/C29H39NO4S/c1-7-27(35(32,33)34)24-14-16-25(17-15-24)30-28(31)20-22(3)11-8-10-21(2)13-18-26-23(4)12-9-19-29(26,5)6/h8,10-11,13-18,20,27H,7,9,12,19H2,1-6H3,(H,30,31)(H,32,33,34)/b11-8+,18-13+,21-10+,22-20+. The van der Waals surface area contributed by atoms with Crippen molar-refractivity contribution in [3.63, 3.8) is 0 Å². The molecule has 1 atom stereocenters. The van der Waals surface area contributed by atoms with E-state index >= 15 is 0 Å². The minimum atomic E-state index is -4.17. The van der Waals surface area contributed by atoms with Gasteiger partial charge in [-0.05, 0) is 80.7 Å². The van der Waals surface area contributed by atoms with Crippen molar-refractivity contribution in [1.29, 1.82) is 0 Å². The van der Waals surface area contributed by atoms with Crippen LogP contribution in [0.15, 0.2) is 83.0 Å². The van der Waals surface area contributed by atoms with Crippen LogP contribution in [0.4, 0.5) is 5.69 Å². The molecule has 0 fully saturated rings. The van der Waals surface area contributed by atoms with Gasteiger partial charge in [0.1, 0.15) is 5.25 Å². The van der Waals surface area contributed by atoms with E-state index in [4.69, 9.17) is 0 Å². The highest BCUT2D eigenvalue weighted by Gasteiger charge is 2.26. The molecule has 1 aliphatic carbocycles. The number of rotatable bonds is 9. The lowest BCUT2D eigenvalue weighted by molar-refractivity contribution is -0.111. The molecule has 190 valence electrons. The summed E-state index contributed by atoms with van der Waals surface area (Å²) in [6.07, 6.45) is 15.6. The van der Waals surface area contributed by atoms with Gasteiger partial charge in [-0.15, -0.1) is 0 Å². The van der Waals surface area contributed by atoms with Gasteiger partial charge in [0.05, 0.1) is 0 Å². The van der Waals surface area contributed by atoms with E-state index in [0.29, 0.717) is 11.3 Å². The van der Waals surface area contributed by atoms with Crippen LogP contribution in [0.25, 0.3) is 0 Å². The zero-order valence-corrected chi connectivity index (χ0v) is 22.6. The van der Waals surface area contributed by atoms with Gasteiger partial charge in [-0.1, -0.05) is 74.4 Å². The van der Waals surface area contributed by atoms with Crippen molar-refractivity contribution in [2.24, 2.45) is 5.41 Å². The summed E-state index contributed by atoms with van der Waals surface area (Å²) in [6.45, 7) is 12.5. The lowest BCUT2D eigenvalue weighted by Crippen LogP contribution is -2.19. The molecular weight excluding hydrogens is 458 g/mol. The monoisotopic (exact) mass is 497 g/mol. The van der Waals surface area contributed by atoms with Gasteiger partial charge in [0.2, 0.25) is 5.91 Å². The number of hydrogen-bond acceptors (Lipinski definition) is 3. The van der Waals surface area contributed by atoms with Crippen LogP contribution in [0.5, 0.6) is 0 Å². The molecule has 1 unspecified atom stereocenters. The van der Waals surface area contributed by atoms with Crippen molar-refractivity contribution >= 4 is 21.7 Å². The second-order valence-electron chi connectivity index (χ2n) is 9.95. The van der Waals surface area contributed by atoms with Crippen LogP contribution in [0.3, 0.4) is 0 Å². The van der Waals surface area contributed by atoms with Gasteiger partial charge in [-0.25, -0.2) is 0 Å². The lowest BCUT2D eigenvalue weighted by Gasteiger charge is -2.32. The number of hydrogen-bond donors (Lipinski definition) is 2. The number of amides is 1. The molecule has 0 aliphatic heterocycles. The third kappa shape index (κ3) is 8.79. The van der Waals surface area contributed by atoms with Gasteiger partial charge in [0.15, 0.2) is 0 Å². The predicted molar refractivity (Wildman–Crippen MR) is 146 cm³/mol. The van der Waals surface area contributed by atoms with E-state index in [-0.39, 0.29) is 17.7 Å². The first-order valence-corrected chi connectivity index (χ1v) is 13.6. The molecule has 0 saturated heterocycles. The third-order valence-electron chi connectivity index (χ3n) is 6.41. The molecule has 1 aromatic carbocycles. The molecule has 2 rings (SSSR count). The van der Waals surface area contributed by atoms with Crippen molar-refractivity contribution in [1.82, 2.24) is 0 Å². The molecular formula is C29H39NO4S. The maximum absolute atomic E-state index is 12.3. The van der Waals surface area contributed by atoms with E-state index in [9.17, 15) is 17.8 Å². The van der Waals surface area contributed by atoms with Crippen LogP contribution < -0.4 is 5.32 Å². The van der Waals surface area contributed by atoms with E-state index in [0.717, 1.165) is 11.1 Å². The second kappa shape index (κ2) is 12.3. The Morgan fingerprint density at radius 1 is 1.14 bits per heavy atom. The summed E-state index contributed by atoms with van der Waals surface area (Å²) in [5, 5.41) is 1.80. The van der Waals surface area contributed by atoms with Crippen LogP contribution in [0, 0.1) is 5.41 Å². The highest BCUT2D eigenvalue weighted by Crippen LogP contribution is 2.40. The fraction of sp³-hybridized carbons (Fsp3) is 0.414. The Hall–Kier alpha value is -2.70. The van der Waals surface area contributed by atoms with Crippen molar-refractivity contribution in [2.45, 2.75) is 72.5 Å². The van der Waals surface area contributed by atoms with Crippen LogP contribution in [-0.2, 0) is 14.9 Å². The number of nitrogens with one attached hydrogen (secondary N) is 1. The summed E-state index contributed by atoms with van der Waals surface area (Å²) in [5.41, 5.74) is 6.10. The number of carbonyl (C=O) groups is 1. The quantitative estimate of drug-likeness (QED) is 0.210. The average molecular weight is 498 g/mol. The Morgan fingerprint density at radius 2 is 1.80 bits per heavy atom. The van der Waals surface area contributed by atoms with Crippen LogP contribution in [-0.4, -0.2) is 18.9 Å². The molecule has 0 heterocycles. The van der Waals surface area contributed by atoms with Crippen molar-refractivity contribution in [3.8, 4) is 0 Å². The first-order chi connectivity index (χ1) is 16.3. The van der Waals surface area contributed by atoms with Gasteiger partial charge in [0.25, 0.3) is 10.1 Å². The molecule has 35 heavy (non-hydrogen) atoms. The number of benzene rings is 1. The Morgan fingerprint density at radius 3 is 2.37 bits per heavy atom. The molecule has 0 saturated carbocycles. The lowest BCUT2D eigenvalue weighted by atomic mass is 9.72. The minimum Gasteiger partial charge on any atom is -0.323 e. The summed E-state index contributed by atoms with van der Waals surface area (Å²) in [6, 6.07) is 6.45. The fourth-order valence-corrected chi connectivity index (χ4v) is 5.39. The zero-order valence-electron chi connectivity index (χ0n) is 21.8. The van der Waals surface area contributed by atoms with E-state index < -0.39 is 15.4 Å². The smallest absolute Gasteiger partial charge is 0.271 e. The summed E-state index contributed by atoms with van der Waals surface area (Å²) < 4.78 is 32.3. The molecule has 5 nitrogen and oxygen atoms in total. The molecule has 6 heteroatoms. The molecule has 2 N–H and O–H groups in total. The second-order valence-corrected chi connectivity index (χ2v) is 11.5. The van der Waals surface area contributed by atoms with E-state index in [1.807, 2.05) is 25.2 Å². The number of allylic oxidation sites excluding steroid dienone is 9. The summed E-state index contributed by atoms with van der Waals surface area (Å²) in [4.78, 5) is 12.3. The van der Waals surface area contributed by atoms with E-state index in [1.165, 1.54) is 36.5 Å². The summed E-state index contributed by atoms with van der Waals surface area (Å²) >= 11 is 0. The molecule has 1 aromatic rings. The van der Waals surface area contributed by atoms with Gasteiger partial charge in [-0.2, -0.15) is 8.42 Å². The van der Waals surface area contributed by atoms with E-state index in [1.54, 1.807) is 31.2 Å². The van der Waals surface area contributed by atoms with Crippen LogP contribution in [0.2, 0.25) is 0 Å². The topological polar surface area (TPSA) is 83.5 Å². The van der Waals surface area contributed by atoms with Crippen molar-refractivity contribution < 1.29 is 17.8 Å². The molecule has 1 amide bonds. The maximum atomic E-state index is 12.3. The molecule has 0 aromatic heterocycles. The Balaban J connectivity index is 1.98. The predicted octanol–water partition coefficient (Wildman–Crippen LogP) is 7.50. The average Bonchev–Trinajstić information content (AvgIpc) is 2.73. The fourth-order valence-electron chi connectivity index (χ4n) is 4.46. The van der Waals surface area contributed by atoms with Crippen LogP contribution >= 0.6 is 0 Å². The molecule has 1 aliphatic rings. The summed E-state index contributed by atoms with van der Waals surface area (Å²) in [7, 11) is -4.17.